The van der Waals surface area contributed by atoms with Crippen molar-refractivity contribution >= 4 is 17.4 Å². The molecule has 6 aromatic rings. The van der Waals surface area contributed by atoms with Gasteiger partial charge in [0.25, 0.3) is 5.82 Å². The van der Waals surface area contributed by atoms with Gasteiger partial charge < -0.3 is 44.2 Å². The lowest BCUT2D eigenvalue weighted by Gasteiger charge is -2.41. The molecule has 6 aliphatic rings. The van der Waals surface area contributed by atoms with E-state index in [2.05, 4.69) is 27.0 Å². The molecular formula is C57H50ClF2N7O8. The van der Waals surface area contributed by atoms with Crippen LogP contribution in [0.5, 0.6) is 23.3 Å². The Bertz CT molecular complexity index is 3280. The second-order valence-corrected chi connectivity index (χ2v) is 20.4. The number of nitriles is 2. The Morgan fingerprint density at radius 3 is 1.44 bits per heavy atom. The van der Waals surface area contributed by atoms with Gasteiger partial charge in [-0.25, -0.2) is 13.8 Å². The van der Waals surface area contributed by atoms with Crippen LogP contribution in [0.2, 0.25) is 5.15 Å². The zero-order valence-electron chi connectivity index (χ0n) is 40.6. The number of aromatic nitrogens is 2. The minimum Gasteiger partial charge on any atom is -0.481 e. The number of fused-ring (bicyclic) bond motifs is 6. The number of alkyl halides is 2. The predicted molar refractivity (Wildman–Crippen MR) is 268 cm³/mol. The maximum Gasteiger partial charge on any atom is 0.319 e. The van der Waals surface area contributed by atoms with Crippen molar-refractivity contribution in [2.45, 2.75) is 58.8 Å². The number of aliphatic hydroxyl groups is 4. The van der Waals surface area contributed by atoms with Crippen molar-refractivity contribution in [1.29, 1.82) is 10.5 Å². The lowest BCUT2D eigenvalue weighted by Crippen LogP contribution is -2.52. The molecule has 2 aromatic heterocycles. The molecule has 2 saturated carbocycles. The highest BCUT2D eigenvalue weighted by atomic mass is 35.5. The zero-order valence-corrected chi connectivity index (χ0v) is 41.4. The summed E-state index contributed by atoms with van der Waals surface area (Å²) in [5.74, 6) is -1.73. The minimum absolute atomic E-state index is 0.00851. The standard InChI is InChI=1S/C29H25FN4O4.C28H25ClFN3O4/c1-32-23-12-22-25(27(33-23)37-2)28(36)26(35)21(16-34-14-20(30)15-34)24(18-6-4-3-5-7-18)29(28,38-22)19-10-8-17(13-31)9-11-19;1-36-26-24-21(11-22(29)32-26)37-28(18-9-7-16(12-31)8-10-18)23(17-5-3-2-4-6-17)20(25(34)27(24,28)35)15-33-13-19(30)14-33/h3-12,20-21,24,26,35-36H,14-16H2,2H3;2-11,19-20,23,25,34-35H,13-15H2,1H3/t21-,24-,26-,28+,29+;20-,23-,25-,27+,28+/m11/s1. The van der Waals surface area contributed by atoms with Crippen LogP contribution >= 0.6 is 11.6 Å². The summed E-state index contributed by atoms with van der Waals surface area (Å²) in [5.41, 5.74) is -3.08. The third-order valence-corrected chi connectivity index (χ3v) is 16.4. The molecule has 75 heavy (non-hydrogen) atoms. The third-order valence-electron chi connectivity index (χ3n) is 16.2. The van der Waals surface area contributed by atoms with E-state index in [1.807, 2.05) is 70.5 Å². The molecule has 0 unspecified atom stereocenters. The van der Waals surface area contributed by atoms with Crippen LogP contribution in [-0.2, 0) is 22.4 Å². The van der Waals surface area contributed by atoms with E-state index in [0.717, 1.165) is 11.1 Å². The molecule has 4 fully saturated rings. The summed E-state index contributed by atoms with van der Waals surface area (Å²) >= 11 is 6.27. The van der Waals surface area contributed by atoms with Crippen LogP contribution in [0.25, 0.3) is 4.85 Å². The topological polar surface area (TPSA) is 202 Å². The van der Waals surface area contributed by atoms with Gasteiger partial charge in [0, 0.05) is 75.1 Å². The normalized spacial score (nSPS) is 30.3. The fourth-order valence-electron chi connectivity index (χ4n) is 13.1. The van der Waals surface area contributed by atoms with Gasteiger partial charge >= 0.3 is 5.88 Å². The maximum absolute atomic E-state index is 13.8. The Hall–Kier alpha value is -7.24. The van der Waals surface area contributed by atoms with E-state index < -0.39 is 70.6 Å². The van der Waals surface area contributed by atoms with Gasteiger partial charge in [0.05, 0.1) is 55.3 Å². The number of benzene rings is 4. The molecule has 4 aliphatic heterocycles. The van der Waals surface area contributed by atoms with E-state index >= 15 is 0 Å². The van der Waals surface area contributed by atoms with Gasteiger partial charge in [-0.15, -0.1) is 0 Å². The van der Waals surface area contributed by atoms with Crippen molar-refractivity contribution < 1.29 is 48.2 Å². The SMILES string of the molecule is COc1nc(Cl)cc2c1[C@]1(O)[C@H](O)[C@H](CN3CC(F)C3)[C@@H](c3ccccc3)[C@]1(c1ccc(C#N)cc1)O2.[C-]#[N+]c1cc2c(c(OC)n1)[C@]1(O)[C@H](O)[C@H](CN3CC(F)C3)[C@@H](c3ccccc3)[C@]1(c1ccc(C#N)cc1)O2. The zero-order chi connectivity index (χ0) is 52.6. The first-order valence-electron chi connectivity index (χ1n) is 24.5. The number of ether oxygens (including phenoxy) is 4. The predicted octanol–water partition coefficient (Wildman–Crippen LogP) is 6.94. The lowest BCUT2D eigenvalue weighted by molar-refractivity contribution is -0.153. The number of rotatable bonds is 10. The van der Waals surface area contributed by atoms with E-state index in [1.165, 1.54) is 26.4 Å². The molecule has 4 aromatic carbocycles. The third kappa shape index (κ3) is 7.38. The van der Waals surface area contributed by atoms with Crippen LogP contribution in [0.1, 0.15) is 56.3 Å². The molecule has 10 atom stereocenters. The van der Waals surface area contributed by atoms with Crippen molar-refractivity contribution in [2.24, 2.45) is 11.8 Å². The fraction of sp³-hybridized carbons (Fsp3) is 0.351. The Morgan fingerprint density at radius 1 is 0.667 bits per heavy atom. The van der Waals surface area contributed by atoms with Gasteiger partial charge in [-0.2, -0.15) is 10.5 Å². The summed E-state index contributed by atoms with van der Waals surface area (Å²) in [7, 11) is 2.80. The van der Waals surface area contributed by atoms with Gasteiger partial charge in [0.2, 0.25) is 5.88 Å². The molecule has 2 aliphatic carbocycles. The number of likely N-dealkylation sites (tertiary alicyclic amines) is 2. The Kier molecular flexibility index (Phi) is 12.6. The smallest absolute Gasteiger partial charge is 0.319 e. The molecule has 6 heterocycles. The lowest BCUT2D eigenvalue weighted by atomic mass is 9.70. The van der Waals surface area contributed by atoms with E-state index in [0.29, 0.717) is 35.3 Å². The summed E-state index contributed by atoms with van der Waals surface area (Å²) in [5, 5.41) is 68.5. The highest BCUT2D eigenvalue weighted by molar-refractivity contribution is 6.29. The molecule has 382 valence electrons. The summed E-state index contributed by atoms with van der Waals surface area (Å²) in [6.07, 6.45) is -4.53. The molecule has 0 bridgehead atoms. The van der Waals surface area contributed by atoms with E-state index in [4.69, 9.17) is 37.1 Å². The van der Waals surface area contributed by atoms with Gasteiger partial charge in [-0.1, -0.05) is 108 Å². The van der Waals surface area contributed by atoms with Crippen LogP contribution in [-0.4, -0.2) is 118 Å². The molecule has 0 radical (unpaired) electrons. The highest BCUT2D eigenvalue weighted by Gasteiger charge is 2.79. The maximum atomic E-state index is 13.8. The number of halogens is 3. The number of hydrogen-bond acceptors (Lipinski definition) is 14. The van der Waals surface area contributed by atoms with Crippen LogP contribution in [0.3, 0.4) is 0 Å². The summed E-state index contributed by atoms with van der Waals surface area (Å²) in [6, 6.07) is 39.7. The Balaban J connectivity index is 0.000000161. The van der Waals surface area contributed by atoms with Crippen LogP contribution in [0, 0.1) is 41.1 Å². The Labute approximate surface area is 436 Å². The molecule has 18 heteroatoms. The largest absolute Gasteiger partial charge is 0.481 e. The van der Waals surface area contributed by atoms with Crippen LogP contribution in [0.15, 0.2) is 121 Å². The monoisotopic (exact) mass is 1030 g/mol. The molecule has 0 spiro atoms. The molecule has 2 saturated heterocycles. The number of aliphatic hydroxyl groups excluding tert-OH is 2. The summed E-state index contributed by atoms with van der Waals surface area (Å²) in [4.78, 5) is 15.8. The molecule has 0 amide bonds. The first kappa shape index (κ1) is 49.9. The fourth-order valence-corrected chi connectivity index (χ4v) is 13.3. The van der Waals surface area contributed by atoms with Crippen LogP contribution in [0.4, 0.5) is 14.6 Å². The van der Waals surface area contributed by atoms with Crippen molar-refractivity contribution in [2.75, 3.05) is 53.5 Å². The van der Waals surface area contributed by atoms with Gasteiger partial charge in [-0.3, -0.25) is 9.80 Å². The first-order valence-corrected chi connectivity index (χ1v) is 24.8. The Morgan fingerprint density at radius 2 is 1.07 bits per heavy atom. The molecule has 15 nitrogen and oxygen atoms in total. The second-order valence-electron chi connectivity index (χ2n) is 20.0. The minimum atomic E-state index is -2.04. The quantitative estimate of drug-likeness (QED) is 0.0813. The van der Waals surface area contributed by atoms with E-state index in [1.54, 1.807) is 48.5 Å². The second kappa shape index (κ2) is 18.8. The average molecular weight is 1030 g/mol. The van der Waals surface area contributed by atoms with E-state index in [9.17, 15) is 39.7 Å². The average Bonchev–Trinajstić information content (AvgIpc) is 4.14. The number of pyridine rings is 2. The summed E-state index contributed by atoms with van der Waals surface area (Å²) < 4.78 is 52.1. The van der Waals surface area contributed by atoms with Crippen molar-refractivity contribution in [3.8, 4) is 35.4 Å². The molecule has 4 N–H and O–H groups in total. The van der Waals surface area contributed by atoms with Crippen molar-refractivity contribution in [3.05, 3.63) is 182 Å². The molecular weight excluding hydrogens is 984 g/mol. The summed E-state index contributed by atoms with van der Waals surface area (Å²) in [6.45, 7) is 9.21. The number of hydrogen-bond donors (Lipinski definition) is 4. The number of methoxy groups -OCH3 is 2. The first-order chi connectivity index (χ1) is 36.2. The van der Waals surface area contributed by atoms with Gasteiger partial charge in [0.15, 0.2) is 22.4 Å². The van der Waals surface area contributed by atoms with E-state index in [-0.39, 0.29) is 71.5 Å². The van der Waals surface area contributed by atoms with Crippen molar-refractivity contribution in [3.63, 3.8) is 0 Å². The molecule has 12 rings (SSSR count). The van der Waals surface area contributed by atoms with Gasteiger partial charge in [-0.05, 0) is 46.5 Å². The van der Waals surface area contributed by atoms with Crippen LogP contribution < -0.4 is 18.9 Å². The van der Waals surface area contributed by atoms with Gasteiger partial charge in [0.1, 0.15) is 34.6 Å². The highest BCUT2D eigenvalue weighted by Crippen LogP contribution is 2.71. The van der Waals surface area contributed by atoms with Crippen molar-refractivity contribution in [1.82, 2.24) is 19.8 Å². The number of nitrogens with zero attached hydrogens (tertiary/aromatic N) is 7.